The second-order valence-corrected chi connectivity index (χ2v) is 11.3. The smallest absolute Gasteiger partial charge is 0.309 e. The van der Waals surface area contributed by atoms with Gasteiger partial charge in [0.05, 0.1) is 23.1 Å². The first-order valence-electron chi connectivity index (χ1n) is 11.7. The van der Waals surface area contributed by atoms with Crippen molar-refractivity contribution in [3.05, 3.63) is 51.8 Å². The van der Waals surface area contributed by atoms with E-state index in [1.165, 1.54) is 4.90 Å². The minimum atomic E-state index is -0.660. The molecular weight excluding hydrogens is 488 g/mol. The lowest BCUT2D eigenvalue weighted by molar-refractivity contribution is -0.152. The molecule has 0 saturated carbocycles. The van der Waals surface area contributed by atoms with Crippen molar-refractivity contribution in [3.63, 3.8) is 0 Å². The molecule has 34 heavy (non-hydrogen) atoms. The first-order valence-corrected chi connectivity index (χ1v) is 14.0. The number of aryl methyl sites for hydroxylation is 1. The first-order chi connectivity index (χ1) is 16.5. The van der Waals surface area contributed by atoms with Gasteiger partial charge in [0.25, 0.3) is 0 Å². The van der Waals surface area contributed by atoms with Crippen LogP contribution in [-0.4, -0.2) is 53.5 Å². The van der Waals surface area contributed by atoms with Crippen molar-refractivity contribution in [3.8, 4) is 5.75 Å². The number of halogens is 1. The summed E-state index contributed by atoms with van der Waals surface area (Å²) < 4.78 is 5.37. The molecule has 1 aliphatic rings. The van der Waals surface area contributed by atoms with E-state index in [-0.39, 0.29) is 0 Å². The molecule has 1 aliphatic heterocycles. The molecule has 0 spiro atoms. The highest BCUT2D eigenvalue weighted by atomic mass is 35.5. The largest absolute Gasteiger partial charge is 0.497 e. The molecule has 1 N–H and O–H groups in total. The van der Waals surface area contributed by atoms with Gasteiger partial charge >= 0.3 is 5.97 Å². The van der Waals surface area contributed by atoms with E-state index in [1.807, 2.05) is 30.0 Å². The van der Waals surface area contributed by atoms with Crippen molar-refractivity contribution in [2.24, 2.45) is 5.41 Å². The Morgan fingerprint density at radius 3 is 2.82 bits per heavy atom. The van der Waals surface area contributed by atoms with Gasteiger partial charge in [0.2, 0.25) is 0 Å². The Balaban J connectivity index is 1.31. The molecule has 0 bridgehead atoms. The summed E-state index contributed by atoms with van der Waals surface area (Å²) in [5.41, 5.74) is 1.25. The number of methoxy groups -OCH3 is 1. The molecule has 3 aromatic rings. The van der Waals surface area contributed by atoms with E-state index in [2.05, 4.69) is 26.7 Å². The molecule has 0 amide bonds. The number of ether oxygens (including phenoxy) is 1. The van der Waals surface area contributed by atoms with Gasteiger partial charge < -0.3 is 14.7 Å². The fourth-order valence-electron chi connectivity index (χ4n) is 4.77. The van der Waals surface area contributed by atoms with Gasteiger partial charge in [0.1, 0.15) is 5.75 Å². The molecule has 8 heteroatoms. The fourth-order valence-corrected chi connectivity index (χ4v) is 6.73. The van der Waals surface area contributed by atoms with E-state index in [4.69, 9.17) is 16.3 Å². The number of hydrogen-bond donors (Lipinski definition) is 1. The molecule has 4 rings (SSSR count). The van der Waals surface area contributed by atoms with Crippen LogP contribution in [0.2, 0.25) is 5.02 Å². The highest BCUT2D eigenvalue weighted by Crippen LogP contribution is 2.38. The Bertz CT molecular complexity index is 1100. The average Bonchev–Trinajstić information content (AvgIpc) is 3.37. The number of hydrogen-bond acceptors (Lipinski definition) is 6. The van der Waals surface area contributed by atoms with Crippen LogP contribution in [0, 0.1) is 5.41 Å². The molecule has 0 unspecified atom stereocenters. The van der Waals surface area contributed by atoms with Crippen LogP contribution in [-0.2, 0) is 11.2 Å². The minimum absolute atomic E-state index is 0.625. The maximum atomic E-state index is 12.3. The summed E-state index contributed by atoms with van der Waals surface area (Å²) in [6, 6.07) is 7.95. The van der Waals surface area contributed by atoms with Crippen LogP contribution in [0.3, 0.4) is 0 Å². The minimum Gasteiger partial charge on any atom is -0.497 e. The molecule has 0 atom stereocenters. The van der Waals surface area contributed by atoms with Crippen molar-refractivity contribution in [1.29, 1.82) is 0 Å². The van der Waals surface area contributed by atoms with E-state index < -0.39 is 11.4 Å². The van der Waals surface area contributed by atoms with Crippen LogP contribution >= 0.6 is 34.7 Å². The number of carbonyl (C=O) groups is 1. The Morgan fingerprint density at radius 2 is 2.12 bits per heavy atom. The van der Waals surface area contributed by atoms with Crippen molar-refractivity contribution >= 4 is 51.6 Å². The Kier molecular flexibility index (Phi) is 8.75. The molecule has 182 valence electrons. The van der Waals surface area contributed by atoms with Crippen molar-refractivity contribution in [2.45, 2.75) is 43.4 Å². The topological polar surface area (TPSA) is 62.7 Å². The third kappa shape index (κ3) is 6.06. The summed E-state index contributed by atoms with van der Waals surface area (Å²) in [6.07, 6.45) is 6.39. The van der Waals surface area contributed by atoms with Gasteiger partial charge in [-0.05, 0) is 99.1 Å². The second-order valence-electron chi connectivity index (χ2n) is 8.91. The summed E-state index contributed by atoms with van der Waals surface area (Å²) in [5.74, 6) is 1.20. The number of thioether (sulfide) groups is 1. The molecule has 1 aromatic carbocycles. The van der Waals surface area contributed by atoms with E-state index in [0.29, 0.717) is 24.3 Å². The number of carboxylic acids is 1. The number of carboxylic acid groups (broad SMARTS) is 1. The van der Waals surface area contributed by atoms with Crippen molar-refractivity contribution in [2.75, 3.05) is 32.5 Å². The number of rotatable bonds is 11. The molecule has 1 fully saturated rings. The molecular formula is C26H31ClN2O3S2. The highest BCUT2D eigenvalue weighted by molar-refractivity contribution is 7.99. The van der Waals surface area contributed by atoms with E-state index >= 15 is 0 Å². The predicted octanol–water partition coefficient (Wildman–Crippen LogP) is 6.63. The van der Waals surface area contributed by atoms with Gasteiger partial charge in [-0.25, -0.2) is 0 Å². The quantitative estimate of drug-likeness (QED) is 0.227. The molecule has 2 aromatic heterocycles. The maximum absolute atomic E-state index is 12.3. The third-order valence-electron chi connectivity index (χ3n) is 6.87. The van der Waals surface area contributed by atoms with Crippen LogP contribution in [0.25, 0.3) is 10.9 Å². The number of thiophene rings is 1. The summed E-state index contributed by atoms with van der Waals surface area (Å²) in [5, 5.41) is 16.0. The first kappa shape index (κ1) is 25.3. The zero-order valence-electron chi connectivity index (χ0n) is 19.5. The molecule has 0 radical (unpaired) electrons. The Hall–Kier alpha value is -1.80. The lowest BCUT2D eigenvalue weighted by Crippen LogP contribution is -2.44. The van der Waals surface area contributed by atoms with E-state index in [0.717, 1.165) is 66.9 Å². The lowest BCUT2D eigenvalue weighted by atomic mass is 9.74. The Labute approximate surface area is 214 Å². The lowest BCUT2D eigenvalue weighted by Gasteiger charge is -2.39. The van der Waals surface area contributed by atoms with Crippen LogP contribution < -0.4 is 4.74 Å². The number of aliphatic carboxylic acids is 1. The second kappa shape index (κ2) is 11.8. The Morgan fingerprint density at radius 1 is 1.29 bits per heavy atom. The monoisotopic (exact) mass is 518 g/mol. The molecule has 5 nitrogen and oxygen atoms in total. The predicted molar refractivity (Wildman–Crippen MR) is 142 cm³/mol. The third-order valence-corrected chi connectivity index (χ3v) is 9.10. The number of benzene rings is 1. The van der Waals surface area contributed by atoms with Crippen LogP contribution in [0.15, 0.2) is 46.1 Å². The highest BCUT2D eigenvalue weighted by Gasteiger charge is 2.40. The number of fused-ring (bicyclic) bond motifs is 1. The van der Waals surface area contributed by atoms with Gasteiger partial charge in [0.15, 0.2) is 0 Å². The van der Waals surface area contributed by atoms with Gasteiger partial charge in [-0.1, -0.05) is 11.6 Å². The van der Waals surface area contributed by atoms with E-state index in [1.54, 1.807) is 24.6 Å². The van der Waals surface area contributed by atoms with Gasteiger partial charge in [-0.15, -0.1) is 11.8 Å². The molecule has 0 aliphatic carbocycles. The zero-order valence-corrected chi connectivity index (χ0v) is 21.9. The van der Waals surface area contributed by atoms with Gasteiger partial charge in [-0.2, -0.15) is 11.3 Å². The summed E-state index contributed by atoms with van der Waals surface area (Å²) >= 11 is 10.1. The number of likely N-dealkylation sites (tertiary alicyclic amines) is 1. The summed E-state index contributed by atoms with van der Waals surface area (Å²) in [4.78, 5) is 20.5. The van der Waals surface area contributed by atoms with Gasteiger partial charge in [0, 0.05) is 21.9 Å². The number of pyridine rings is 1. The average molecular weight is 519 g/mol. The fraction of sp³-hybridized carbons (Fsp3) is 0.462. The summed E-state index contributed by atoms with van der Waals surface area (Å²) in [6.45, 7) is 2.74. The molecule has 3 heterocycles. The zero-order chi connectivity index (χ0) is 24.0. The van der Waals surface area contributed by atoms with Crippen LogP contribution in [0.4, 0.5) is 0 Å². The maximum Gasteiger partial charge on any atom is 0.309 e. The number of nitrogens with zero attached hydrogens (tertiary/aromatic N) is 2. The van der Waals surface area contributed by atoms with Gasteiger partial charge in [-0.3, -0.25) is 9.78 Å². The van der Waals surface area contributed by atoms with Crippen LogP contribution in [0.1, 0.15) is 37.7 Å². The molecule has 1 saturated heterocycles. The van der Waals surface area contributed by atoms with Crippen LogP contribution in [0.5, 0.6) is 5.75 Å². The number of aromatic nitrogens is 1. The SMILES string of the molecule is COc1ccc2ncc(Cl)c(CCCC3(C(=O)O)CCN(CCCSc4ccsc4)CC3)c2c1. The standard InChI is InChI=1S/C26H31ClN2O3S2/c1-32-19-5-6-24-22(16-19)21(23(27)17-28-24)4-2-8-26(25(30)31)9-12-29(13-10-26)11-3-14-34-20-7-15-33-18-20/h5-7,15-18H,2-4,8-14H2,1H3,(H,30,31). The van der Waals surface area contributed by atoms with Crippen molar-refractivity contribution < 1.29 is 14.6 Å². The normalized spacial score (nSPS) is 16.1. The summed E-state index contributed by atoms with van der Waals surface area (Å²) in [7, 11) is 1.64. The van der Waals surface area contributed by atoms with Crippen molar-refractivity contribution in [1.82, 2.24) is 9.88 Å². The van der Waals surface area contributed by atoms with E-state index in [9.17, 15) is 9.90 Å². The number of piperidine rings is 1.